The van der Waals surface area contributed by atoms with Crippen LogP contribution in [0.1, 0.15) is 34.9 Å². The minimum atomic E-state index is -4.89. The number of nitrogens with two attached hydrogens (primary N) is 1. The number of hydrogen-bond acceptors (Lipinski definition) is 8. The summed E-state index contributed by atoms with van der Waals surface area (Å²) in [6, 6.07) is 16.2. The van der Waals surface area contributed by atoms with Crippen molar-refractivity contribution in [2.24, 2.45) is 11.7 Å². The van der Waals surface area contributed by atoms with E-state index in [2.05, 4.69) is 0 Å². The standard InChI is InChI=1S/C33H28F4N2O6/c1-43-20-13-11-17(12-14-20)22-16-24-27(29(40)26(22)31(41)44-2)25(21-9-4-5-10-23(21)33(35,36)37)28(32(42)45-3)30(38)39(24)19-8-6-7-18(34)15-19/h4-15,22,25-26H,16,38H2,1-3H3/t22-,25-,26+/m0/s1. The van der Waals surface area contributed by atoms with E-state index in [4.69, 9.17) is 19.9 Å². The van der Waals surface area contributed by atoms with E-state index in [1.54, 1.807) is 24.3 Å². The molecule has 12 heteroatoms. The van der Waals surface area contributed by atoms with Crippen molar-refractivity contribution in [3.8, 4) is 5.75 Å². The molecule has 2 aliphatic rings. The van der Waals surface area contributed by atoms with Crippen molar-refractivity contribution in [2.45, 2.75) is 24.4 Å². The molecule has 3 aromatic rings. The van der Waals surface area contributed by atoms with Crippen molar-refractivity contribution in [1.29, 1.82) is 0 Å². The van der Waals surface area contributed by atoms with Crippen molar-refractivity contribution >= 4 is 23.4 Å². The fraction of sp³-hybridized carbons (Fsp3) is 0.242. The maximum absolute atomic E-state index is 14.6. The molecule has 0 saturated carbocycles. The molecule has 0 fully saturated rings. The van der Waals surface area contributed by atoms with Crippen molar-refractivity contribution in [2.75, 3.05) is 26.2 Å². The zero-order valence-corrected chi connectivity index (χ0v) is 24.4. The van der Waals surface area contributed by atoms with Crippen LogP contribution in [-0.2, 0) is 30.0 Å². The van der Waals surface area contributed by atoms with Crippen LogP contribution in [-0.4, -0.2) is 39.1 Å². The molecule has 3 atom stereocenters. The predicted octanol–water partition coefficient (Wildman–Crippen LogP) is 5.60. The lowest BCUT2D eigenvalue weighted by molar-refractivity contribution is -0.150. The number of ketones is 1. The molecule has 0 aromatic heterocycles. The lowest BCUT2D eigenvalue weighted by Crippen LogP contribution is -2.46. The summed E-state index contributed by atoms with van der Waals surface area (Å²) in [5.74, 6) is -7.50. The van der Waals surface area contributed by atoms with Gasteiger partial charge in [-0.05, 0) is 53.9 Å². The summed E-state index contributed by atoms with van der Waals surface area (Å²) in [6.45, 7) is 0. The molecule has 1 aliphatic carbocycles. The summed E-state index contributed by atoms with van der Waals surface area (Å²) in [6.07, 6.45) is -5.01. The second-order valence-corrected chi connectivity index (χ2v) is 10.4. The van der Waals surface area contributed by atoms with Crippen LogP contribution in [0.2, 0.25) is 0 Å². The van der Waals surface area contributed by atoms with Crippen molar-refractivity contribution in [3.05, 3.63) is 118 Å². The zero-order chi connectivity index (χ0) is 32.6. The highest BCUT2D eigenvalue weighted by atomic mass is 19.4. The highest BCUT2D eigenvalue weighted by molar-refractivity contribution is 6.14. The maximum atomic E-state index is 14.6. The summed E-state index contributed by atoms with van der Waals surface area (Å²) in [5, 5.41) is 0. The molecule has 0 amide bonds. The lowest BCUT2D eigenvalue weighted by Gasteiger charge is -2.44. The van der Waals surface area contributed by atoms with Crippen LogP contribution < -0.4 is 15.4 Å². The Bertz CT molecular complexity index is 1730. The highest BCUT2D eigenvalue weighted by Gasteiger charge is 2.52. The quantitative estimate of drug-likeness (QED) is 0.215. The van der Waals surface area contributed by atoms with Gasteiger partial charge in [0.2, 0.25) is 0 Å². The lowest BCUT2D eigenvalue weighted by atomic mass is 9.66. The van der Waals surface area contributed by atoms with E-state index in [0.717, 1.165) is 32.4 Å². The number of Topliss-reactive ketones (excluding diaryl/α,β-unsaturated/α-hetero) is 1. The van der Waals surface area contributed by atoms with Crippen molar-refractivity contribution in [3.63, 3.8) is 0 Å². The number of esters is 2. The van der Waals surface area contributed by atoms with E-state index >= 15 is 0 Å². The number of rotatable bonds is 6. The molecule has 1 heterocycles. The molecule has 2 N–H and O–H groups in total. The molecule has 234 valence electrons. The molecule has 3 aromatic carbocycles. The predicted molar refractivity (Wildman–Crippen MR) is 154 cm³/mol. The Morgan fingerprint density at radius 1 is 0.933 bits per heavy atom. The van der Waals surface area contributed by atoms with Crippen LogP contribution in [0.5, 0.6) is 5.75 Å². The number of anilines is 1. The molecule has 8 nitrogen and oxygen atoms in total. The van der Waals surface area contributed by atoms with Crippen LogP contribution in [0.25, 0.3) is 0 Å². The fourth-order valence-corrected chi connectivity index (χ4v) is 6.13. The summed E-state index contributed by atoms with van der Waals surface area (Å²) < 4.78 is 73.1. The summed E-state index contributed by atoms with van der Waals surface area (Å²) in [7, 11) is 3.59. The van der Waals surface area contributed by atoms with Gasteiger partial charge in [0.25, 0.3) is 0 Å². The first kappa shape index (κ1) is 31.3. The highest BCUT2D eigenvalue weighted by Crippen LogP contribution is 2.53. The van der Waals surface area contributed by atoms with E-state index in [9.17, 15) is 31.9 Å². The van der Waals surface area contributed by atoms with Crippen LogP contribution in [0.3, 0.4) is 0 Å². The monoisotopic (exact) mass is 624 g/mol. The molecule has 0 spiro atoms. The van der Waals surface area contributed by atoms with E-state index in [1.807, 2.05) is 0 Å². The molecular formula is C33H28F4N2O6. The zero-order valence-electron chi connectivity index (χ0n) is 24.4. The van der Waals surface area contributed by atoms with Crippen LogP contribution in [0.4, 0.5) is 23.2 Å². The minimum absolute atomic E-state index is 0.0960. The van der Waals surface area contributed by atoms with Crippen molar-refractivity contribution < 1.29 is 46.2 Å². The maximum Gasteiger partial charge on any atom is 0.416 e. The molecule has 0 radical (unpaired) electrons. The number of allylic oxidation sites excluding steroid dienone is 2. The van der Waals surface area contributed by atoms with Gasteiger partial charge >= 0.3 is 18.1 Å². The van der Waals surface area contributed by atoms with Gasteiger partial charge in [0.1, 0.15) is 23.3 Å². The Morgan fingerprint density at radius 2 is 1.62 bits per heavy atom. The van der Waals surface area contributed by atoms with Gasteiger partial charge in [0.05, 0.1) is 44.1 Å². The Kier molecular flexibility index (Phi) is 8.42. The number of carbonyl (C=O) groups excluding carboxylic acids is 3. The summed E-state index contributed by atoms with van der Waals surface area (Å²) in [4.78, 5) is 42.6. The Labute approximate surface area is 255 Å². The van der Waals surface area contributed by atoms with Gasteiger partial charge in [-0.3, -0.25) is 14.5 Å². The van der Waals surface area contributed by atoms with E-state index in [-0.39, 0.29) is 29.2 Å². The topological polar surface area (TPSA) is 108 Å². The van der Waals surface area contributed by atoms with Crippen molar-refractivity contribution in [1.82, 2.24) is 0 Å². The minimum Gasteiger partial charge on any atom is -0.497 e. The SMILES string of the molecule is COC(=O)C1=C(N)N(c2cccc(F)c2)C2=C(C(=O)[C@H](C(=O)OC)[C@H](c3ccc(OC)cc3)C2)[C@@H]1c1ccccc1C(F)(F)F. The summed E-state index contributed by atoms with van der Waals surface area (Å²) >= 11 is 0. The average Bonchev–Trinajstić information content (AvgIpc) is 3.03. The fourth-order valence-electron chi connectivity index (χ4n) is 6.13. The smallest absolute Gasteiger partial charge is 0.416 e. The van der Waals surface area contributed by atoms with Gasteiger partial charge in [-0.15, -0.1) is 0 Å². The van der Waals surface area contributed by atoms with Gasteiger partial charge in [-0.25, -0.2) is 9.18 Å². The molecule has 45 heavy (non-hydrogen) atoms. The third kappa shape index (κ3) is 5.52. The number of benzene rings is 3. The normalized spacial score (nSPS) is 20.1. The first-order valence-electron chi connectivity index (χ1n) is 13.7. The number of carbonyl (C=O) groups is 3. The average molecular weight is 625 g/mol. The molecular weight excluding hydrogens is 596 g/mol. The first-order valence-corrected chi connectivity index (χ1v) is 13.7. The van der Waals surface area contributed by atoms with E-state index < -0.39 is 64.2 Å². The number of halogens is 4. The Morgan fingerprint density at radius 3 is 2.22 bits per heavy atom. The van der Waals surface area contributed by atoms with E-state index in [1.165, 1.54) is 42.3 Å². The molecule has 0 bridgehead atoms. The second-order valence-electron chi connectivity index (χ2n) is 10.4. The number of alkyl halides is 3. The Hall–Kier alpha value is -5.13. The molecule has 0 saturated heterocycles. The molecule has 0 unspecified atom stereocenters. The van der Waals surface area contributed by atoms with E-state index in [0.29, 0.717) is 11.3 Å². The third-order valence-electron chi connectivity index (χ3n) is 8.09. The number of methoxy groups -OCH3 is 3. The largest absolute Gasteiger partial charge is 0.497 e. The number of nitrogens with zero attached hydrogens (tertiary/aromatic N) is 1. The van der Waals surface area contributed by atoms with Gasteiger partial charge < -0.3 is 19.9 Å². The van der Waals surface area contributed by atoms with Gasteiger partial charge in [-0.2, -0.15) is 13.2 Å². The number of ether oxygens (including phenoxy) is 3. The van der Waals surface area contributed by atoms with Gasteiger partial charge in [0, 0.05) is 17.2 Å². The van der Waals surface area contributed by atoms with Crippen LogP contribution >= 0.6 is 0 Å². The summed E-state index contributed by atoms with van der Waals surface area (Å²) in [5.41, 5.74) is 5.01. The molecule has 1 aliphatic heterocycles. The molecule has 5 rings (SSSR count). The van der Waals surface area contributed by atoms with Crippen LogP contribution in [0.15, 0.2) is 95.5 Å². The van der Waals surface area contributed by atoms with Gasteiger partial charge in [-0.1, -0.05) is 36.4 Å². The Balaban J connectivity index is 1.87. The first-order chi connectivity index (χ1) is 21.4. The van der Waals surface area contributed by atoms with Crippen LogP contribution in [0, 0.1) is 11.7 Å². The van der Waals surface area contributed by atoms with Gasteiger partial charge in [0.15, 0.2) is 5.78 Å². The number of hydrogen-bond donors (Lipinski definition) is 1. The third-order valence-corrected chi connectivity index (χ3v) is 8.09. The second kappa shape index (κ2) is 12.1.